The standard InChI is InChI=1S/C10H18ClNO4/c1-10(2,3)16-9(15)12-6-7(5-11)4-8(13)14/h7H,4-6H2,1-3H3,(H,12,15)(H,13,14). The highest BCUT2D eigenvalue weighted by Crippen LogP contribution is 2.08. The predicted octanol–water partition coefficient (Wildman–Crippen LogP) is 1.84. The van der Waals surface area contributed by atoms with Gasteiger partial charge in [0.15, 0.2) is 0 Å². The van der Waals surface area contributed by atoms with Crippen molar-refractivity contribution in [2.45, 2.75) is 32.8 Å². The van der Waals surface area contributed by atoms with Crippen molar-refractivity contribution in [1.82, 2.24) is 5.32 Å². The first-order valence-electron chi connectivity index (χ1n) is 4.99. The molecular formula is C10H18ClNO4. The molecule has 0 bridgehead atoms. The Balaban J connectivity index is 3.93. The van der Waals surface area contributed by atoms with Crippen LogP contribution in [0.25, 0.3) is 0 Å². The van der Waals surface area contributed by atoms with Crippen LogP contribution in [0.2, 0.25) is 0 Å². The molecular weight excluding hydrogens is 234 g/mol. The van der Waals surface area contributed by atoms with E-state index < -0.39 is 17.7 Å². The van der Waals surface area contributed by atoms with Crippen LogP contribution in [0.5, 0.6) is 0 Å². The first-order chi connectivity index (χ1) is 7.24. The van der Waals surface area contributed by atoms with E-state index in [2.05, 4.69) is 5.32 Å². The number of hydrogen-bond donors (Lipinski definition) is 2. The Kier molecular flexibility index (Phi) is 6.18. The number of carbonyl (C=O) groups excluding carboxylic acids is 1. The largest absolute Gasteiger partial charge is 0.481 e. The van der Waals surface area contributed by atoms with Crippen molar-refractivity contribution in [3.8, 4) is 0 Å². The van der Waals surface area contributed by atoms with E-state index in [4.69, 9.17) is 21.4 Å². The van der Waals surface area contributed by atoms with Crippen LogP contribution in [-0.2, 0) is 9.53 Å². The summed E-state index contributed by atoms with van der Waals surface area (Å²) in [5, 5.41) is 11.1. The summed E-state index contributed by atoms with van der Waals surface area (Å²) in [4.78, 5) is 21.7. The molecule has 1 unspecified atom stereocenters. The Bertz CT molecular complexity index is 250. The van der Waals surface area contributed by atoms with Gasteiger partial charge in [-0.25, -0.2) is 4.79 Å². The molecule has 2 N–H and O–H groups in total. The van der Waals surface area contributed by atoms with Crippen molar-refractivity contribution in [3.63, 3.8) is 0 Å². The maximum Gasteiger partial charge on any atom is 0.407 e. The molecule has 0 rings (SSSR count). The first kappa shape index (κ1) is 15.0. The Morgan fingerprint density at radius 2 is 2.00 bits per heavy atom. The molecule has 6 heteroatoms. The summed E-state index contributed by atoms with van der Waals surface area (Å²) in [6, 6.07) is 0. The van der Waals surface area contributed by atoms with Crippen LogP contribution in [0.15, 0.2) is 0 Å². The third kappa shape index (κ3) is 8.35. The maximum atomic E-state index is 11.2. The summed E-state index contributed by atoms with van der Waals surface area (Å²) < 4.78 is 5.00. The van der Waals surface area contributed by atoms with Gasteiger partial charge in [-0.2, -0.15) is 0 Å². The minimum atomic E-state index is -0.934. The Labute approximate surface area is 100 Å². The van der Waals surface area contributed by atoms with E-state index in [1.807, 2.05) is 0 Å². The van der Waals surface area contributed by atoms with Crippen LogP contribution in [0.1, 0.15) is 27.2 Å². The van der Waals surface area contributed by atoms with Gasteiger partial charge in [0, 0.05) is 18.3 Å². The molecule has 0 aliphatic heterocycles. The minimum absolute atomic E-state index is 0.0701. The number of alkyl carbamates (subject to hydrolysis) is 1. The average Bonchev–Trinajstić information content (AvgIpc) is 2.08. The number of hydrogen-bond acceptors (Lipinski definition) is 3. The van der Waals surface area contributed by atoms with Gasteiger partial charge in [-0.1, -0.05) is 0 Å². The van der Waals surface area contributed by atoms with Gasteiger partial charge in [0.1, 0.15) is 5.60 Å². The quantitative estimate of drug-likeness (QED) is 0.731. The van der Waals surface area contributed by atoms with E-state index in [1.165, 1.54) is 0 Å². The Hall–Kier alpha value is -0.970. The lowest BCUT2D eigenvalue weighted by Crippen LogP contribution is -2.36. The lowest BCUT2D eigenvalue weighted by atomic mass is 10.1. The third-order valence-electron chi connectivity index (χ3n) is 1.62. The number of carboxylic acid groups (broad SMARTS) is 1. The topological polar surface area (TPSA) is 75.6 Å². The fraction of sp³-hybridized carbons (Fsp3) is 0.800. The van der Waals surface area contributed by atoms with Gasteiger partial charge >= 0.3 is 12.1 Å². The second kappa shape index (κ2) is 6.58. The fourth-order valence-corrected chi connectivity index (χ4v) is 1.19. The van der Waals surface area contributed by atoms with Crippen LogP contribution in [0, 0.1) is 5.92 Å². The molecule has 0 fully saturated rings. The van der Waals surface area contributed by atoms with E-state index in [1.54, 1.807) is 20.8 Å². The lowest BCUT2D eigenvalue weighted by Gasteiger charge is -2.20. The molecule has 94 valence electrons. The molecule has 0 saturated heterocycles. The zero-order valence-corrected chi connectivity index (χ0v) is 10.5. The highest BCUT2D eigenvalue weighted by Gasteiger charge is 2.18. The van der Waals surface area contributed by atoms with Crippen molar-refractivity contribution >= 4 is 23.7 Å². The number of nitrogens with one attached hydrogen (secondary N) is 1. The highest BCUT2D eigenvalue weighted by molar-refractivity contribution is 6.18. The number of alkyl halides is 1. The van der Waals surface area contributed by atoms with Crippen LogP contribution in [0.3, 0.4) is 0 Å². The molecule has 0 aromatic carbocycles. The van der Waals surface area contributed by atoms with Crippen molar-refractivity contribution in [1.29, 1.82) is 0 Å². The first-order valence-corrected chi connectivity index (χ1v) is 5.52. The Morgan fingerprint density at radius 1 is 1.44 bits per heavy atom. The monoisotopic (exact) mass is 251 g/mol. The Morgan fingerprint density at radius 3 is 2.38 bits per heavy atom. The fourth-order valence-electron chi connectivity index (χ4n) is 0.970. The molecule has 16 heavy (non-hydrogen) atoms. The molecule has 0 saturated carbocycles. The smallest absolute Gasteiger partial charge is 0.407 e. The van der Waals surface area contributed by atoms with Crippen LogP contribution < -0.4 is 5.32 Å². The van der Waals surface area contributed by atoms with Gasteiger partial charge in [0.05, 0.1) is 6.42 Å². The van der Waals surface area contributed by atoms with Crippen LogP contribution >= 0.6 is 11.6 Å². The zero-order valence-electron chi connectivity index (χ0n) is 9.75. The number of aliphatic carboxylic acids is 1. The maximum absolute atomic E-state index is 11.2. The van der Waals surface area contributed by atoms with Crippen molar-refractivity contribution in [3.05, 3.63) is 0 Å². The van der Waals surface area contributed by atoms with Gasteiger partial charge in [-0.3, -0.25) is 4.79 Å². The molecule has 0 spiro atoms. The summed E-state index contributed by atoms with van der Waals surface area (Å²) in [5.41, 5.74) is -0.562. The van der Waals surface area contributed by atoms with Gasteiger partial charge in [0.2, 0.25) is 0 Å². The van der Waals surface area contributed by atoms with E-state index in [-0.39, 0.29) is 24.8 Å². The second-order valence-electron chi connectivity index (χ2n) is 4.50. The predicted molar refractivity (Wildman–Crippen MR) is 60.7 cm³/mol. The number of halogens is 1. The summed E-state index contributed by atoms with van der Waals surface area (Å²) >= 11 is 5.57. The minimum Gasteiger partial charge on any atom is -0.481 e. The summed E-state index contributed by atoms with van der Waals surface area (Å²) in [6.45, 7) is 5.46. The van der Waals surface area contributed by atoms with E-state index >= 15 is 0 Å². The molecule has 5 nitrogen and oxygen atoms in total. The molecule has 0 aliphatic rings. The highest BCUT2D eigenvalue weighted by atomic mass is 35.5. The molecule has 0 radical (unpaired) electrons. The summed E-state index contributed by atoms with van der Waals surface area (Å²) in [5.74, 6) is -1.04. The lowest BCUT2D eigenvalue weighted by molar-refractivity contribution is -0.137. The molecule has 0 heterocycles. The van der Waals surface area contributed by atoms with Crippen molar-refractivity contribution in [2.24, 2.45) is 5.92 Å². The molecule has 0 aromatic heterocycles. The molecule has 0 aromatic rings. The van der Waals surface area contributed by atoms with Gasteiger partial charge < -0.3 is 15.2 Å². The third-order valence-corrected chi connectivity index (χ3v) is 2.05. The SMILES string of the molecule is CC(C)(C)OC(=O)NCC(CCl)CC(=O)O. The summed E-state index contributed by atoms with van der Waals surface area (Å²) in [6.07, 6.45) is -0.632. The number of ether oxygens (including phenoxy) is 1. The number of rotatable bonds is 5. The number of carbonyl (C=O) groups is 2. The van der Waals surface area contributed by atoms with E-state index in [0.29, 0.717) is 0 Å². The van der Waals surface area contributed by atoms with Crippen molar-refractivity contribution < 1.29 is 19.4 Å². The van der Waals surface area contributed by atoms with Gasteiger partial charge in [-0.05, 0) is 20.8 Å². The zero-order chi connectivity index (χ0) is 12.8. The molecule has 0 aliphatic carbocycles. The van der Waals surface area contributed by atoms with Gasteiger partial charge in [-0.15, -0.1) is 11.6 Å². The molecule has 1 amide bonds. The van der Waals surface area contributed by atoms with Crippen LogP contribution in [-0.4, -0.2) is 35.2 Å². The number of carboxylic acids is 1. The van der Waals surface area contributed by atoms with E-state index in [9.17, 15) is 9.59 Å². The van der Waals surface area contributed by atoms with Gasteiger partial charge in [0.25, 0.3) is 0 Å². The molecule has 1 atom stereocenters. The number of amides is 1. The normalized spacial score (nSPS) is 13.0. The van der Waals surface area contributed by atoms with E-state index in [0.717, 1.165) is 0 Å². The second-order valence-corrected chi connectivity index (χ2v) is 4.81. The van der Waals surface area contributed by atoms with Crippen LogP contribution in [0.4, 0.5) is 4.79 Å². The van der Waals surface area contributed by atoms with Crippen molar-refractivity contribution in [2.75, 3.05) is 12.4 Å². The summed E-state index contributed by atoms with van der Waals surface area (Å²) in [7, 11) is 0. The average molecular weight is 252 g/mol.